The number of ether oxygens (including phenoxy) is 1. The molecule has 0 aromatic rings. The number of hydrogen-bond acceptors (Lipinski definition) is 2. The first-order valence-corrected chi connectivity index (χ1v) is 3.35. The van der Waals surface area contributed by atoms with Crippen LogP contribution in [-0.2, 0) is 4.74 Å². The van der Waals surface area contributed by atoms with Crippen molar-refractivity contribution in [3.8, 4) is 0 Å². The van der Waals surface area contributed by atoms with E-state index in [4.69, 9.17) is 16.3 Å². The fraction of sp³-hybridized carbons (Fsp3) is 1.00. The van der Waals surface area contributed by atoms with Crippen LogP contribution in [0.25, 0.3) is 0 Å². The number of alkyl halides is 1. The van der Waals surface area contributed by atoms with E-state index in [0.29, 0.717) is 5.88 Å². The third-order valence-electron chi connectivity index (χ3n) is 1.18. The van der Waals surface area contributed by atoms with Gasteiger partial charge in [0.05, 0.1) is 12.7 Å². The maximum atomic E-state index is 5.52. The fourth-order valence-corrected chi connectivity index (χ4v) is 0.917. The molecule has 1 saturated heterocycles. The van der Waals surface area contributed by atoms with Gasteiger partial charge >= 0.3 is 0 Å². The SMILES string of the molecule is Cl.ClCC1CNCCO1. The van der Waals surface area contributed by atoms with Gasteiger partial charge in [-0.3, -0.25) is 0 Å². The first kappa shape index (κ1) is 9.50. The van der Waals surface area contributed by atoms with Crippen molar-refractivity contribution in [2.45, 2.75) is 6.10 Å². The van der Waals surface area contributed by atoms with Gasteiger partial charge in [-0.1, -0.05) is 0 Å². The molecule has 1 fully saturated rings. The maximum absolute atomic E-state index is 5.52. The first-order chi connectivity index (χ1) is 3.93. The summed E-state index contributed by atoms with van der Waals surface area (Å²) in [4.78, 5) is 0. The van der Waals surface area contributed by atoms with Gasteiger partial charge in [0, 0.05) is 19.0 Å². The average molecular weight is 172 g/mol. The van der Waals surface area contributed by atoms with Crippen molar-refractivity contribution in [3.05, 3.63) is 0 Å². The summed E-state index contributed by atoms with van der Waals surface area (Å²) in [6.07, 6.45) is 0.241. The topological polar surface area (TPSA) is 21.3 Å². The van der Waals surface area contributed by atoms with Gasteiger partial charge in [-0.15, -0.1) is 24.0 Å². The molecule has 0 aromatic heterocycles. The highest BCUT2D eigenvalue weighted by atomic mass is 35.5. The molecule has 0 aliphatic carbocycles. The van der Waals surface area contributed by atoms with Crippen LogP contribution >= 0.6 is 24.0 Å². The van der Waals surface area contributed by atoms with Gasteiger partial charge in [-0.25, -0.2) is 0 Å². The standard InChI is InChI=1S/C5H10ClNO.ClH/c6-3-5-4-7-1-2-8-5;/h5,7H,1-4H2;1H. The lowest BCUT2D eigenvalue weighted by molar-refractivity contribution is 0.0432. The predicted molar refractivity (Wildman–Crippen MR) is 40.6 cm³/mol. The number of morpholine rings is 1. The molecule has 0 saturated carbocycles. The van der Waals surface area contributed by atoms with Crippen molar-refractivity contribution >= 4 is 24.0 Å². The number of rotatable bonds is 1. The molecule has 2 nitrogen and oxygen atoms in total. The number of nitrogens with one attached hydrogen (secondary N) is 1. The number of hydrogen-bond donors (Lipinski definition) is 1. The van der Waals surface area contributed by atoms with Crippen LogP contribution in [0.4, 0.5) is 0 Å². The van der Waals surface area contributed by atoms with Crippen LogP contribution < -0.4 is 5.32 Å². The fourth-order valence-electron chi connectivity index (χ4n) is 0.719. The van der Waals surface area contributed by atoms with Crippen LogP contribution in [0.1, 0.15) is 0 Å². The van der Waals surface area contributed by atoms with Crippen LogP contribution in [0, 0.1) is 0 Å². The Morgan fingerprint density at radius 2 is 2.44 bits per heavy atom. The van der Waals surface area contributed by atoms with Crippen molar-refractivity contribution in [3.63, 3.8) is 0 Å². The molecule has 1 N–H and O–H groups in total. The Kier molecular flexibility index (Phi) is 5.59. The van der Waals surface area contributed by atoms with Gasteiger partial charge in [0.15, 0.2) is 0 Å². The highest BCUT2D eigenvalue weighted by Crippen LogP contribution is 1.96. The van der Waals surface area contributed by atoms with Gasteiger partial charge < -0.3 is 10.1 Å². The molecular formula is C5H11Cl2NO. The molecule has 1 aliphatic heterocycles. The summed E-state index contributed by atoms with van der Waals surface area (Å²) >= 11 is 5.52. The van der Waals surface area contributed by atoms with Gasteiger partial charge in [0.2, 0.25) is 0 Å². The third-order valence-corrected chi connectivity index (χ3v) is 1.52. The second kappa shape index (κ2) is 5.30. The molecule has 1 heterocycles. The molecule has 0 aromatic carbocycles. The van der Waals surface area contributed by atoms with Crippen LogP contribution in [0.3, 0.4) is 0 Å². The van der Waals surface area contributed by atoms with E-state index < -0.39 is 0 Å². The summed E-state index contributed by atoms with van der Waals surface area (Å²) in [5.74, 6) is 0.604. The Morgan fingerprint density at radius 3 is 2.78 bits per heavy atom. The van der Waals surface area contributed by atoms with Gasteiger partial charge in [0.25, 0.3) is 0 Å². The quantitative estimate of drug-likeness (QED) is 0.586. The Hall–Kier alpha value is 0.500. The van der Waals surface area contributed by atoms with E-state index in [1.165, 1.54) is 0 Å². The van der Waals surface area contributed by atoms with Gasteiger partial charge in [-0.05, 0) is 0 Å². The summed E-state index contributed by atoms with van der Waals surface area (Å²) in [5.41, 5.74) is 0. The summed E-state index contributed by atoms with van der Waals surface area (Å²) < 4.78 is 5.23. The predicted octanol–water partition coefficient (Wildman–Crippen LogP) is 0.635. The minimum atomic E-state index is 0. The molecule has 1 atom stereocenters. The van der Waals surface area contributed by atoms with E-state index in [1.54, 1.807) is 0 Å². The minimum absolute atomic E-state index is 0. The molecule has 0 amide bonds. The molecule has 1 rings (SSSR count). The summed E-state index contributed by atoms with van der Waals surface area (Å²) in [6.45, 7) is 2.67. The monoisotopic (exact) mass is 171 g/mol. The zero-order valence-electron chi connectivity index (χ0n) is 5.10. The second-order valence-electron chi connectivity index (χ2n) is 1.85. The van der Waals surface area contributed by atoms with Gasteiger partial charge in [0.1, 0.15) is 0 Å². The molecule has 1 aliphatic rings. The highest BCUT2D eigenvalue weighted by Gasteiger charge is 2.10. The largest absolute Gasteiger partial charge is 0.374 e. The lowest BCUT2D eigenvalue weighted by Crippen LogP contribution is -2.39. The van der Waals surface area contributed by atoms with E-state index >= 15 is 0 Å². The highest BCUT2D eigenvalue weighted by molar-refractivity contribution is 6.18. The molecule has 0 radical (unpaired) electrons. The minimum Gasteiger partial charge on any atom is -0.374 e. The summed E-state index contributed by atoms with van der Waals surface area (Å²) in [6, 6.07) is 0. The molecule has 0 spiro atoms. The first-order valence-electron chi connectivity index (χ1n) is 2.82. The van der Waals surface area contributed by atoms with Crippen LogP contribution in [0.15, 0.2) is 0 Å². The van der Waals surface area contributed by atoms with Crippen LogP contribution in [-0.4, -0.2) is 31.7 Å². The Labute approximate surface area is 66.3 Å². The van der Waals surface area contributed by atoms with E-state index in [-0.39, 0.29) is 18.5 Å². The third kappa shape index (κ3) is 3.26. The van der Waals surface area contributed by atoms with Crippen molar-refractivity contribution in [1.82, 2.24) is 5.32 Å². The molecule has 0 bridgehead atoms. The van der Waals surface area contributed by atoms with Gasteiger partial charge in [-0.2, -0.15) is 0 Å². The van der Waals surface area contributed by atoms with Crippen molar-refractivity contribution in [1.29, 1.82) is 0 Å². The van der Waals surface area contributed by atoms with Crippen LogP contribution in [0.2, 0.25) is 0 Å². The summed E-state index contributed by atoms with van der Waals surface area (Å²) in [5, 5.41) is 3.18. The molecular weight excluding hydrogens is 161 g/mol. The Bertz CT molecular complexity index is 66.0. The van der Waals surface area contributed by atoms with E-state index in [2.05, 4.69) is 5.32 Å². The molecule has 9 heavy (non-hydrogen) atoms. The Balaban J connectivity index is 0.000000640. The second-order valence-corrected chi connectivity index (χ2v) is 2.16. The lowest BCUT2D eigenvalue weighted by atomic mass is 10.3. The van der Waals surface area contributed by atoms with Crippen molar-refractivity contribution in [2.24, 2.45) is 0 Å². The molecule has 4 heteroatoms. The van der Waals surface area contributed by atoms with E-state index in [9.17, 15) is 0 Å². The smallest absolute Gasteiger partial charge is 0.0835 e. The summed E-state index contributed by atoms with van der Waals surface area (Å²) in [7, 11) is 0. The van der Waals surface area contributed by atoms with E-state index in [0.717, 1.165) is 19.7 Å². The zero-order chi connectivity index (χ0) is 5.82. The molecule has 1 unspecified atom stereocenters. The van der Waals surface area contributed by atoms with E-state index in [1.807, 2.05) is 0 Å². The lowest BCUT2D eigenvalue weighted by Gasteiger charge is -2.20. The maximum Gasteiger partial charge on any atom is 0.0835 e. The van der Waals surface area contributed by atoms with Crippen molar-refractivity contribution in [2.75, 3.05) is 25.6 Å². The molecule has 56 valence electrons. The normalized spacial score (nSPS) is 27.0. The Morgan fingerprint density at radius 1 is 1.67 bits per heavy atom. The average Bonchev–Trinajstić information content (AvgIpc) is 1.90. The zero-order valence-corrected chi connectivity index (χ0v) is 6.67. The number of halogens is 2. The van der Waals surface area contributed by atoms with Crippen LogP contribution in [0.5, 0.6) is 0 Å². The van der Waals surface area contributed by atoms with Crippen molar-refractivity contribution < 1.29 is 4.74 Å².